The minimum atomic E-state index is -4.55. The van der Waals surface area contributed by atoms with Gasteiger partial charge in [-0.15, -0.1) is 0 Å². The zero-order valence-electron chi connectivity index (χ0n) is 14.2. The number of nitrogens with zero attached hydrogens (tertiary/aromatic N) is 1. The van der Waals surface area contributed by atoms with Crippen molar-refractivity contribution < 1.29 is 22.8 Å². The molecule has 0 radical (unpaired) electrons. The molecule has 0 heterocycles. The summed E-state index contributed by atoms with van der Waals surface area (Å²) in [6.45, 7) is 0. The number of para-hydroxylation sites is 1. The Morgan fingerprint density at radius 2 is 1.62 bits per heavy atom. The van der Waals surface area contributed by atoms with Crippen LogP contribution < -0.4 is 5.32 Å². The smallest absolute Gasteiger partial charge is 0.345 e. The molecule has 0 unspecified atom stereocenters. The first-order valence-electron chi connectivity index (χ1n) is 7.65. The molecule has 0 atom stereocenters. The molecule has 0 saturated heterocycles. The quantitative estimate of drug-likeness (QED) is 0.834. The van der Waals surface area contributed by atoms with Crippen LogP contribution in [0.25, 0.3) is 6.08 Å². The van der Waals surface area contributed by atoms with Crippen LogP contribution in [0.1, 0.15) is 21.5 Å². The second-order valence-corrected chi connectivity index (χ2v) is 5.69. The second-order valence-electron chi connectivity index (χ2n) is 5.69. The van der Waals surface area contributed by atoms with Crippen molar-refractivity contribution in [3.8, 4) is 0 Å². The molecular weight excluding hydrogens is 345 g/mol. The lowest BCUT2D eigenvalue weighted by atomic mass is 10.1. The van der Waals surface area contributed by atoms with E-state index in [0.717, 1.165) is 12.1 Å². The Kier molecular flexibility index (Phi) is 5.82. The number of carbonyl (C=O) groups excluding carboxylic acids is 2. The Balaban J connectivity index is 2.08. The maximum atomic E-state index is 12.9. The first-order chi connectivity index (χ1) is 12.2. The molecule has 2 aromatic carbocycles. The molecular formula is C19H17F3N2O2. The molecule has 26 heavy (non-hydrogen) atoms. The van der Waals surface area contributed by atoms with Crippen molar-refractivity contribution in [2.24, 2.45) is 0 Å². The topological polar surface area (TPSA) is 49.4 Å². The molecule has 2 rings (SSSR count). The molecule has 1 N–H and O–H groups in total. The molecule has 4 nitrogen and oxygen atoms in total. The van der Waals surface area contributed by atoms with Crippen LogP contribution in [0.2, 0.25) is 0 Å². The van der Waals surface area contributed by atoms with E-state index >= 15 is 0 Å². The first-order valence-corrected chi connectivity index (χ1v) is 7.65. The highest BCUT2D eigenvalue weighted by atomic mass is 19.4. The summed E-state index contributed by atoms with van der Waals surface area (Å²) in [5.41, 5.74) is -0.0786. The SMILES string of the molecule is CN(C)C(=O)c1ccc(/C=C/C(=O)Nc2ccccc2C(F)(F)F)cc1. The monoisotopic (exact) mass is 362 g/mol. The van der Waals surface area contributed by atoms with Crippen LogP contribution in [0.4, 0.5) is 18.9 Å². The zero-order chi connectivity index (χ0) is 19.3. The van der Waals surface area contributed by atoms with Crippen LogP contribution in [0.3, 0.4) is 0 Å². The highest BCUT2D eigenvalue weighted by Gasteiger charge is 2.33. The van der Waals surface area contributed by atoms with Crippen LogP contribution in [0.5, 0.6) is 0 Å². The van der Waals surface area contributed by atoms with Gasteiger partial charge in [0.25, 0.3) is 5.91 Å². The number of hydrogen-bond donors (Lipinski definition) is 1. The van der Waals surface area contributed by atoms with Crippen LogP contribution in [-0.4, -0.2) is 30.8 Å². The average molecular weight is 362 g/mol. The molecule has 7 heteroatoms. The number of anilines is 1. The molecule has 0 aliphatic heterocycles. The van der Waals surface area contributed by atoms with Gasteiger partial charge in [-0.3, -0.25) is 9.59 Å². The lowest BCUT2D eigenvalue weighted by molar-refractivity contribution is -0.137. The summed E-state index contributed by atoms with van der Waals surface area (Å²) >= 11 is 0. The predicted molar refractivity (Wildman–Crippen MR) is 93.6 cm³/mol. The normalized spacial score (nSPS) is 11.4. The van der Waals surface area contributed by atoms with Crippen molar-refractivity contribution in [2.45, 2.75) is 6.18 Å². The fourth-order valence-corrected chi connectivity index (χ4v) is 2.18. The Labute approximate surface area is 148 Å². The average Bonchev–Trinajstić information content (AvgIpc) is 2.59. The molecule has 136 valence electrons. The van der Waals surface area contributed by atoms with Gasteiger partial charge in [-0.25, -0.2) is 0 Å². The fourth-order valence-electron chi connectivity index (χ4n) is 2.18. The Morgan fingerprint density at radius 1 is 1.00 bits per heavy atom. The van der Waals surface area contributed by atoms with Gasteiger partial charge in [0.15, 0.2) is 0 Å². The molecule has 0 bridgehead atoms. The third-order valence-corrected chi connectivity index (χ3v) is 3.48. The van der Waals surface area contributed by atoms with E-state index in [9.17, 15) is 22.8 Å². The number of hydrogen-bond acceptors (Lipinski definition) is 2. The standard InChI is InChI=1S/C19H17F3N2O2/c1-24(2)18(26)14-10-7-13(8-11-14)9-12-17(25)23-16-6-4-3-5-15(16)19(20,21)22/h3-12H,1-2H3,(H,23,25)/b12-9+. The molecule has 0 saturated carbocycles. The van der Waals surface area contributed by atoms with E-state index in [4.69, 9.17) is 0 Å². The van der Waals surface area contributed by atoms with Crippen LogP contribution in [0, 0.1) is 0 Å². The molecule has 2 amide bonds. The third-order valence-electron chi connectivity index (χ3n) is 3.48. The number of alkyl halides is 3. The van der Waals surface area contributed by atoms with Crippen molar-refractivity contribution in [1.29, 1.82) is 0 Å². The summed E-state index contributed by atoms with van der Waals surface area (Å²) < 4.78 is 38.7. The maximum Gasteiger partial charge on any atom is 0.418 e. The minimum absolute atomic E-state index is 0.151. The maximum absolute atomic E-state index is 12.9. The molecule has 0 spiro atoms. The third kappa shape index (κ3) is 4.95. The zero-order valence-corrected chi connectivity index (χ0v) is 14.2. The van der Waals surface area contributed by atoms with E-state index in [0.29, 0.717) is 11.1 Å². The number of carbonyl (C=O) groups is 2. The van der Waals surface area contributed by atoms with Crippen molar-refractivity contribution in [3.05, 3.63) is 71.3 Å². The Hall–Kier alpha value is -3.09. The number of benzene rings is 2. The molecule has 0 aliphatic rings. The molecule has 0 aromatic heterocycles. The number of halogens is 3. The van der Waals surface area contributed by atoms with Gasteiger partial charge in [-0.05, 0) is 35.9 Å². The van der Waals surface area contributed by atoms with Crippen LogP contribution in [0.15, 0.2) is 54.6 Å². The Bertz CT molecular complexity index is 825. The summed E-state index contributed by atoms with van der Waals surface area (Å²) in [5.74, 6) is -0.836. The predicted octanol–water partition coefficient (Wildman–Crippen LogP) is 4.06. The Morgan fingerprint density at radius 3 is 2.19 bits per heavy atom. The summed E-state index contributed by atoms with van der Waals surface area (Å²) in [7, 11) is 3.28. The van der Waals surface area contributed by atoms with E-state index in [1.807, 2.05) is 0 Å². The van der Waals surface area contributed by atoms with Crippen LogP contribution >= 0.6 is 0 Å². The van der Waals surface area contributed by atoms with Gasteiger partial charge >= 0.3 is 6.18 Å². The van der Waals surface area contributed by atoms with Gasteiger partial charge < -0.3 is 10.2 Å². The van der Waals surface area contributed by atoms with Crippen LogP contribution in [-0.2, 0) is 11.0 Å². The summed E-state index contributed by atoms with van der Waals surface area (Å²) in [6, 6.07) is 11.3. The van der Waals surface area contributed by atoms with E-state index in [1.165, 1.54) is 29.2 Å². The van der Waals surface area contributed by atoms with Gasteiger partial charge in [0.05, 0.1) is 11.3 Å². The second kappa shape index (κ2) is 7.86. The lowest BCUT2D eigenvalue weighted by Crippen LogP contribution is -2.21. The number of amides is 2. The highest BCUT2D eigenvalue weighted by molar-refractivity contribution is 6.02. The summed E-state index contributed by atoms with van der Waals surface area (Å²) in [4.78, 5) is 25.1. The van der Waals surface area contributed by atoms with Crippen molar-refractivity contribution in [2.75, 3.05) is 19.4 Å². The van der Waals surface area contributed by atoms with E-state index < -0.39 is 17.6 Å². The largest absolute Gasteiger partial charge is 0.418 e. The fraction of sp³-hybridized carbons (Fsp3) is 0.158. The van der Waals surface area contributed by atoms with E-state index in [1.54, 1.807) is 38.4 Å². The van der Waals surface area contributed by atoms with Crippen molar-refractivity contribution in [3.63, 3.8) is 0 Å². The van der Waals surface area contributed by atoms with Crippen molar-refractivity contribution in [1.82, 2.24) is 4.90 Å². The van der Waals surface area contributed by atoms with Gasteiger partial charge in [-0.1, -0.05) is 24.3 Å². The van der Waals surface area contributed by atoms with E-state index in [-0.39, 0.29) is 11.6 Å². The molecule has 0 fully saturated rings. The lowest BCUT2D eigenvalue weighted by Gasteiger charge is -2.12. The van der Waals surface area contributed by atoms with Gasteiger partial charge in [0, 0.05) is 25.7 Å². The molecule has 2 aromatic rings. The summed E-state index contributed by atoms with van der Waals surface area (Å²) in [6.07, 6.45) is -1.96. The first kappa shape index (κ1) is 19.2. The van der Waals surface area contributed by atoms with Crippen molar-refractivity contribution >= 4 is 23.6 Å². The van der Waals surface area contributed by atoms with Gasteiger partial charge in [-0.2, -0.15) is 13.2 Å². The van der Waals surface area contributed by atoms with Gasteiger partial charge in [0.1, 0.15) is 0 Å². The molecule has 0 aliphatic carbocycles. The van der Waals surface area contributed by atoms with Gasteiger partial charge in [0.2, 0.25) is 5.91 Å². The number of rotatable bonds is 4. The highest BCUT2D eigenvalue weighted by Crippen LogP contribution is 2.34. The summed E-state index contributed by atoms with van der Waals surface area (Å²) in [5, 5.41) is 2.23. The minimum Gasteiger partial charge on any atom is -0.345 e. The number of nitrogens with one attached hydrogen (secondary N) is 1. The van der Waals surface area contributed by atoms with E-state index in [2.05, 4.69) is 5.32 Å².